The van der Waals surface area contributed by atoms with E-state index in [9.17, 15) is 4.39 Å². The second-order valence-electron chi connectivity index (χ2n) is 4.50. The normalized spacial score (nSPS) is 22.3. The molecule has 1 heterocycles. The van der Waals surface area contributed by atoms with Gasteiger partial charge in [0.2, 0.25) is 0 Å². The van der Waals surface area contributed by atoms with E-state index >= 15 is 0 Å². The van der Waals surface area contributed by atoms with Gasteiger partial charge in [-0.1, -0.05) is 17.7 Å². The van der Waals surface area contributed by atoms with Crippen molar-refractivity contribution in [2.45, 2.75) is 38.3 Å². The standard InChI is InChI=1S/C13H18FNO/c1-9-4-5-12(14)11(7-9)13(15)8-10-3-2-6-16-10/h4-5,7,10,13H,2-3,6,8,15H2,1H3. The van der Waals surface area contributed by atoms with Gasteiger partial charge in [-0.05, 0) is 32.3 Å². The number of hydrogen-bond donors (Lipinski definition) is 1. The van der Waals surface area contributed by atoms with E-state index in [2.05, 4.69) is 0 Å². The fraction of sp³-hybridized carbons (Fsp3) is 0.538. The quantitative estimate of drug-likeness (QED) is 0.855. The summed E-state index contributed by atoms with van der Waals surface area (Å²) < 4.78 is 19.1. The van der Waals surface area contributed by atoms with E-state index in [1.54, 1.807) is 6.07 Å². The van der Waals surface area contributed by atoms with Gasteiger partial charge in [-0.3, -0.25) is 0 Å². The van der Waals surface area contributed by atoms with Crippen LogP contribution >= 0.6 is 0 Å². The monoisotopic (exact) mass is 223 g/mol. The van der Waals surface area contributed by atoms with Crippen LogP contribution in [0.2, 0.25) is 0 Å². The summed E-state index contributed by atoms with van der Waals surface area (Å²) in [5.74, 6) is -0.212. The van der Waals surface area contributed by atoms with Crippen LogP contribution in [0.5, 0.6) is 0 Å². The lowest BCUT2D eigenvalue weighted by molar-refractivity contribution is 0.0980. The zero-order valence-corrected chi connectivity index (χ0v) is 9.58. The fourth-order valence-electron chi connectivity index (χ4n) is 2.19. The largest absolute Gasteiger partial charge is 0.378 e. The van der Waals surface area contributed by atoms with Crippen molar-refractivity contribution in [2.24, 2.45) is 5.73 Å². The highest BCUT2D eigenvalue weighted by atomic mass is 19.1. The van der Waals surface area contributed by atoms with E-state index in [1.807, 2.05) is 13.0 Å². The predicted octanol–water partition coefficient (Wildman–Crippen LogP) is 2.70. The lowest BCUT2D eigenvalue weighted by Crippen LogP contribution is -2.19. The minimum absolute atomic E-state index is 0.204. The van der Waals surface area contributed by atoms with E-state index in [4.69, 9.17) is 10.5 Å². The van der Waals surface area contributed by atoms with E-state index in [-0.39, 0.29) is 18.0 Å². The summed E-state index contributed by atoms with van der Waals surface area (Å²) in [6.07, 6.45) is 3.05. The maximum Gasteiger partial charge on any atom is 0.127 e. The molecule has 2 atom stereocenters. The molecule has 3 heteroatoms. The van der Waals surface area contributed by atoms with E-state index in [0.717, 1.165) is 25.0 Å². The molecule has 1 aliphatic heterocycles. The van der Waals surface area contributed by atoms with Crippen LogP contribution in [0, 0.1) is 12.7 Å². The maximum absolute atomic E-state index is 13.6. The van der Waals surface area contributed by atoms with Crippen molar-refractivity contribution in [1.82, 2.24) is 0 Å². The Hall–Kier alpha value is -0.930. The van der Waals surface area contributed by atoms with Crippen LogP contribution in [-0.4, -0.2) is 12.7 Å². The maximum atomic E-state index is 13.6. The summed E-state index contributed by atoms with van der Waals surface area (Å²) in [6.45, 7) is 2.76. The number of nitrogens with two attached hydrogens (primary N) is 1. The van der Waals surface area contributed by atoms with Crippen LogP contribution in [0.25, 0.3) is 0 Å². The smallest absolute Gasteiger partial charge is 0.127 e. The molecule has 2 nitrogen and oxygen atoms in total. The van der Waals surface area contributed by atoms with Crippen LogP contribution in [-0.2, 0) is 4.74 Å². The van der Waals surface area contributed by atoms with Crippen molar-refractivity contribution in [3.63, 3.8) is 0 Å². The molecule has 1 saturated heterocycles. The Morgan fingerprint density at radius 1 is 1.56 bits per heavy atom. The zero-order valence-electron chi connectivity index (χ0n) is 9.58. The van der Waals surface area contributed by atoms with Crippen LogP contribution in [0.3, 0.4) is 0 Å². The average Bonchev–Trinajstić information content (AvgIpc) is 2.74. The molecule has 0 radical (unpaired) electrons. The predicted molar refractivity (Wildman–Crippen MR) is 61.7 cm³/mol. The first kappa shape index (κ1) is 11.6. The number of aryl methyl sites for hydroxylation is 1. The van der Waals surface area contributed by atoms with E-state index in [1.165, 1.54) is 6.07 Å². The lowest BCUT2D eigenvalue weighted by atomic mass is 9.98. The minimum Gasteiger partial charge on any atom is -0.378 e. The second-order valence-corrected chi connectivity index (χ2v) is 4.50. The highest BCUT2D eigenvalue weighted by Crippen LogP contribution is 2.25. The first-order chi connectivity index (χ1) is 7.66. The van der Waals surface area contributed by atoms with Crippen LogP contribution in [0.1, 0.15) is 36.4 Å². The molecule has 0 bridgehead atoms. The minimum atomic E-state index is -0.261. The molecule has 0 aromatic heterocycles. The third-order valence-corrected chi connectivity index (χ3v) is 3.09. The Morgan fingerprint density at radius 2 is 2.38 bits per heavy atom. The van der Waals surface area contributed by atoms with Crippen molar-refractivity contribution in [3.05, 3.63) is 35.1 Å². The van der Waals surface area contributed by atoms with Gasteiger partial charge >= 0.3 is 0 Å². The lowest BCUT2D eigenvalue weighted by Gasteiger charge is -2.17. The summed E-state index contributed by atoms with van der Waals surface area (Å²) in [4.78, 5) is 0. The van der Waals surface area contributed by atoms with Crippen LogP contribution < -0.4 is 5.73 Å². The van der Waals surface area contributed by atoms with Crippen molar-refractivity contribution >= 4 is 0 Å². The van der Waals surface area contributed by atoms with Crippen molar-refractivity contribution in [1.29, 1.82) is 0 Å². The van der Waals surface area contributed by atoms with Gasteiger partial charge in [-0.2, -0.15) is 0 Å². The molecule has 1 fully saturated rings. The van der Waals surface area contributed by atoms with Crippen LogP contribution in [0.15, 0.2) is 18.2 Å². The number of benzene rings is 1. The van der Waals surface area contributed by atoms with Gasteiger partial charge < -0.3 is 10.5 Å². The highest BCUT2D eigenvalue weighted by Gasteiger charge is 2.21. The summed E-state index contributed by atoms with van der Waals surface area (Å²) in [5.41, 5.74) is 7.67. The fourth-order valence-corrected chi connectivity index (χ4v) is 2.19. The summed E-state index contributed by atoms with van der Waals surface area (Å²) in [7, 11) is 0. The number of rotatable bonds is 3. The second kappa shape index (κ2) is 4.93. The Bertz CT molecular complexity index is 361. The third-order valence-electron chi connectivity index (χ3n) is 3.09. The number of halogens is 1. The van der Waals surface area contributed by atoms with Crippen molar-refractivity contribution in [3.8, 4) is 0 Å². The summed E-state index contributed by atoms with van der Waals surface area (Å²) in [5, 5.41) is 0. The van der Waals surface area contributed by atoms with Gasteiger partial charge in [0, 0.05) is 18.2 Å². The molecule has 0 saturated carbocycles. The molecule has 1 aromatic rings. The zero-order chi connectivity index (χ0) is 11.5. The molecule has 0 aliphatic carbocycles. The number of ether oxygens (including phenoxy) is 1. The Labute approximate surface area is 95.6 Å². The van der Waals surface area contributed by atoms with Crippen molar-refractivity contribution in [2.75, 3.05) is 6.61 Å². The molecule has 0 amide bonds. The average molecular weight is 223 g/mol. The molecule has 2 unspecified atom stereocenters. The number of hydrogen-bond acceptors (Lipinski definition) is 2. The van der Waals surface area contributed by atoms with Gasteiger partial charge in [0.05, 0.1) is 6.10 Å². The molecule has 2 N–H and O–H groups in total. The molecule has 16 heavy (non-hydrogen) atoms. The first-order valence-electron chi connectivity index (χ1n) is 5.80. The van der Waals surface area contributed by atoms with Gasteiger partial charge in [-0.25, -0.2) is 4.39 Å². The molecule has 1 aliphatic rings. The topological polar surface area (TPSA) is 35.2 Å². The Balaban J connectivity index is 2.07. The van der Waals surface area contributed by atoms with E-state index in [0.29, 0.717) is 12.0 Å². The third kappa shape index (κ3) is 2.60. The van der Waals surface area contributed by atoms with Gasteiger partial charge in [0.1, 0.15) is 5.82 Å². The molecular weight excluding hydrogens is 205 g/mol. The Kier molecular flexibility index (Phi) is 3.56. The molecule has 88 valence electrons. The SMILES string of the molecule is Cc1ccc(F)c(C(N)CC2CCCO2)c1. The Morgan fingerprint density at radius 3 is 3.06 bits per heavy atom. The highest BCUT2D eigenvalue weighted by molar-refractivity contribution is 5.26. The molecule has 0 spiro atoms. The summed E-state index contributed by atoms with van der Waals surface area (Å²) in [6, 6.07) is 4.81. The van der Waals surface area contributed by atoms with Crippen LogP contribution in [0.4, 0.5) is 4.39 Å². The molecule has 1 aromatic carbocycles. The summed E-state index contributed by atoms with van der Waals surface area (Å²) >= 11 is 0. The van der Waals surface area contributed by atoms with Gasteiger partial charge in [-0.15, -0.1) is 0 Å². The first-order valence-corrected chi connectivity index (χ1v) is 5.80. The van der Waals surface area contributed by atoms with Gasteiger partial charge in [0.25, 0.3) is 0 Å². The van der Waals surface area contributed by atoms with Crippen molar-refractivity contribution < 1.29 is 9.13 Å². The molecular formula is C13H18FNO. The van der Waals surface area contributed by atoms with E-state index < -0.39 is 0 Å². The molecule has 2 rings (SSSR count). The van der Waals surface area contributed by atoms with Gasteiger partial charge in [0.15, 0.2) is 0 Å².